The molecule has 0 N–H and O–H groups in total. The fraction of sp³-hybridized carbons (Fsp3) is 0.241. The van der Waals surface area contributed by atoms with E-state index in [9.17, 15) is 18.0 Å². The molecule has 1 nitrogen and oxygen atoms in total. The average molecular weight is 444 g/mol. The van der Waals surface area contributed by atoms with Crippen LogP contribution in [0.2, 0.25) is 0 Å². The van der Waals surface area contributed by atoms with Gasteiger partial charge in [0.25, 0.3) is 0 Å². The number of aryl methyl sites for hydroxylation is 1. The van der Waals surface area contributed by atoms with Crippen molar-refractivity contribution in [2.24, 2.45) is 5.41 Å². The molecule has 0 aliphatic heterocycles. The molecule has 4 heteroatoms. The van der Waals surface area contributed by atoms with Gasteiger partial charge in [-0.1, -0.05) is 73.5 Å². The van der Waals surface area contributed by atoms with Crippen LogP contribution >= 0.6 is 0 Å². The van der Waals surface area contributed by atoms with E-state index in [0.29, 0.717) is 39.5 Å². The van der Waals surface area contributed by atoms with Gasteiger partial charge in [-0.2, -0.15) is 13.2 Å². The maximum absolute atomic E-state index is 13.8. The lowest BCUT2D eigenvalue weighted by molar-refractivity contribution is -0.137. The Bertz CT molecular complexity index is 1410. The van der Waals surface area contributed by atoms with Crippen LogP contribution in [0.4, 0.5) is 13.2 Å². The highest BCUT2D eigenvalue weighted by molar-refractivity contribution is 6.13. The molecular weight excluding hydrogens is 421 g/mol. The standard InChI is InChI=1S/C29H23F3O/c1-17-6-8-18(9-7-17)24-15-21(29(30,31)32)13-19-10-11-23-22-5-4-12-28(2,3)25(22)14-20(16-33)27(23)26(19)24/h4-11,13,15H,12,14H2,1-3H3. The van der Waals surface area contributed by atoms with Crippen molar-refractivity contribution < 1.29 is 18.0 Å². The van der Waals surface area contributed by atoms with Gasteiger partial charge in [0.15, 0.2) is 0 Å². The van der Waals surface area contributed by atoms with E-state index in [2.05, 4.69) is 31.9 Å². The van der Waals surface area contributed by atoms with Gasteiger partial charge in [0.05, 0.1) is 5.56 Å². The number of alkyl halides is 3. The second kappa shape index (κ2) is 7.33. The van der Waals surface area contributed by atoms with Gasteiger partial charge in [0.1, 0.15) is 5.94 Å². The smallest absolute Gasteiger partial charge is 0.233 e. The number of benzene rings is 3. The molecule has 0 saturated carbocycles. The predicted molar refractivity (Wildman–Crippen MR) is 127 cm³/mol. The minimum atomic E-state index is -4.47. The number of hydrogen-bond donors (Lipinski definition) is 0. The van der Waals surface area contributed by atoms with Crippen LogP contribution < -0.4 is 0 Å². The van der Waals surface area contributed by atoms with Crippen LogP contribution in [-0.4, -0.2) is 5.94 Å². The number of fused-ring (bicyclic) bond motifs is 4. The third kappa shape index (κ3) is 3.46. The summed E-state index contributed by atoms with van der Waals surface area (Å²) in [6.07, 6.45) is 1.08. The second-order valence-corrected chi connectivity index (χ2v) is 9.61. The van der Waals surface area contributed by atoms with E-state index in [-0.39, 0.29) is 5.41 Å². The van der Waals surface area contributed by atoms with Crippen LogP contribution in [0.15, 0.2) is 66.3 Å². The molecule has 0 radical (unpaired) electrons. The first-order valence-corrected chi connectivity index (χ1v) is 11.0. The summed E-state index contributed by atoms with van der Waals surface area (Å²) in [6.45, 7) is 6.26. The molecule has 0 amide bonds. The van der Waals surface area contributed by atoms with Crippen LogP contribution in [0, 0.1) is 12.3 Å². The highest BCUT2D eigenvalue weighted by atomic mass is 19.4. The fourth-order valence-electron chi connectivity index (χ4n) is 5.13. The molecule has 2 aliphatic carbocycles. The first kappa shape index (κ1) is 21.5. The number of rotatable bonds is 1. The van der Waals surface area contributed by atoms with Crippen LogP contribution in [-0.2, 0) is 11.0 Å². The molecule has 33 heavy (non-hydrogen) atoms. The zero-order chi connectivity index (χ0) is 23.5. The van der Waals surface area contributed by atoms with Gasteiger partial charge in [-0.25, -0.2) is 4.79 Å². The molecule has 0 saturated heterocycles. The highest BCUT2D eigenvalue weighted by Gasteiger charge is 2.36. The molecule has 2 aliphatic rings. The quantitative estimate of drug-likeness (QED) is 0.346. The summed E-state index contributed by atoms with van der Waals surface area (Å²) < 4.78 is 41.3. The molecule has 3 aromatic carbocycles. The molecule has 0 aromatic heterocycles. The van der Waals surface area contributed by atoms with Crippen molar-refractivity contribution in [1.82, 2.24) is 0 Å². The van der Waals surface area contributed by atoms with Crippen molar-refractivity contribution in [1.29, 1.82) is 0 Å². The van der Waals surface area contributed by atoms with Crippen molar-refractivity contribution >= 4 is 27.9 Å². The topological polar surface area (TPSA) is 17.1 Å². The molecule has 0 unspecified atom stereocenters. The van der Waals surface area contributed by atoms with E-state index in [1.54, 1.807) is 6.07 Å². The van der Waals surface area contributed by atoms with Crippen molar-refractivity contribution in [2.45, 2.75) is 39.8 Å². The van der Waals surface area contributed by atoms with E-state index in [0.717, 1.165) is 23.1 Å². The zero-order valence-corrected chi connectivity index (χ0v) is 18.7. The number of hydrogen-bond acceptors (Lipinski definition) is 1. The molecule has 3 aromatic rings. The maximum Gasteiger partial charge on any atom is 0.416 e. The van der Waals surface area contributed by atoms with Crippen LogP contribution in [0.25, 0.3) is 33.0 Å². The van der Waals surface area contributed by atoms with Crippen molar-refractivity contribution in [3.05, 3.63) is 88.5 Å². The van der Waals surface area contributed by atoms with E-state index in [1.807, 2.05) is 37.3 Å². The van der Waals surface area contributed by atoms with Crippen LogP contribution in [0.3, 0.4) is 0 Å². The fourth-order valence-corrected chi connectivity index (χ4v) is 5.13. The Labute approximate surface area is 190 Å². The van der Waals surface area contributed by atoms with Crippen molar-refractivity contribution in [2.75, 3.05) is 0 Å². The van der Waals surface area contributed by atoms with Gasteiger partial charge >= 0.3 is 6.18 Å². The number of carbonyl (C=O) groups excluding carboxylic acids is 1. The Balaban J connectivity index is 1.92. The van der Waals surface area contributed by atoms with Gasteiger partial charge in [0.2, 0.25) is 0 Å². The van der Waals surface area contributed by atoms with Crippen molar-refractivity contribution in [3.63, 3.8) is 0 Å². The van der Waals surface area contributed by atoms with E-state index in [1.165, 1.54) is 17.7 Å². The van der Waals surface area contributed by atoms with E-state index < -0.39 is 11.7 Å². The second-order valence-electron chi connectivity index (χ2n) is 9.61. The largest absolute Gasteiger partial charge is 0.416 e. The normalized spacial score (nSPS) is 17.1. The van der Waals surface area contributed by atoms with E-state index in [4.69, 9.17) is 0 Å². The summed E-state index contributed by atoms with van der Waals surface area (Å²) in [5, 5.41) is 1.14. The van der Waals surface area contributed by atoms with Gasteiger partial charge in [-0.15, -0.1) is 0 Å². The van der Waals surface area contributed by atoms with Gasteiger partial charge in [-0.05, 0) is 63.9 Å². The lowest BCUT2D eigenvalue weighted by Gasteiger charge is -2.36. The monoisotopic (exact) mass is 444 g/mol. The summed E-state index contributed by atoms with van der Waals surface area (Å²) in [7, 11) is 0. The van der Waals surface area contributed by atoms with Gasteiger partial charge in [-0.3, -0.25) is 0 Å². The highest BCUT2D eigenvalue weighted by Crippen LogP contribution is 2.52. The Morgan fingerprint density at radius 3 is 2.36 bits per heavy atom. The number of halogens is 3. The minimum absolute atomic E-state index is 0.0985. The Kier molecular flexibility index (Phi) is 4.77. The lowest BCUT2D eigenvalue weighted by atomic mass is 9.67. The molecule has 0 fully saturated rings. The van der Waals surface area contributed by atoms with Crippen LogP contribution in [0.1, 0.15) is 48.9 Å². The summed E-state index contributed by atoms with van der Waals surface area (Å²) in [4.78, 5) is 12.2. The predicted octanol–water partition coefficient (Wildman–Crippen LogP) is 8.19. The molecule has 0 bridgehead atoms. The molecule has 5 rings (SSSR count). The summed E-state index contributed by atoms with van der Waals surface area (Å²) in [5.41, 5.74) is 5.74. The maximum atomic E-state index is 13.8. The Hall–Kier alpha value is -3.36. The van der Waals surface area contributed by atoms with E-state index >= 15 is 0 Å². The molecule has 166 valence electrons. The SMILES string of the molecule is Cc1ccc(-c2cc(C(F)(F)F)cc3ccc4c(c23)C(=C=O)CC2=C4C=CCC2(C)C)cc1. The summed E-state index contributed by atoms with van der Waals surface area (Å²) >= 11 is 0. The minimum Gasteiger partial charge on any atom is -0.233 e. The first-order valence-electron chi connectivity index (χ1n) is 11.0. The Morgan fingerprint density at radius 2 is 1.70 bits per heavy atom. The zero-order valence-electron chi connectivity index (χ0n) is 18.7. The third-order valence-electron chi connectivity index (χ3n) is 6.93. The average Bonchev–Trinajstić information content (AvgIpc) is 2.77. The molecular formula is C29H23F3O. The summed E-state index contributed by atoms with van der Waals surface area (Å²) in [5.74, 6) is 2.14. The van der Waals surface area contributed by atoms with Crippen molar-refractivity contribution in [3.8, 4) is 11.1 Å². The van der Waals surface area contributed by atoms with Gasteiger partial charge < -0.3 is 0 Å². The van der Waals surface area contributed by atoms with Gasteiger partial charge in [0, 0.05) is 17.6 Å². The third-order valence-corrected chi connectivity index (χ3v) is 6.93. The molecule has 0 heterocycles. The Morgan fingerprint density at radius 1 is 0.970 bits per heavy atom. The lowest BCUT2D eigenvalue weighted by Crippen LogP contribution is -2.21. The first-order chi connectivity index (χ1) is 15.6. The molecule has 0 spiro atoms. The summed E-state index contributed by atoms with van der Waals surface area (Å²) in [6, 6.07) is 13.4. The molecule has 0 atom stereocenters. The number of allylic oxidation sites excluding steroid dienone is 5. The van der Waals surface area contributed by atoms with Crippen LogP contribution in [0.5, 0.6) is 0 Å².